The zero-order chi connectivity index (χ0) is 10.8. The molecule has 2 unspecified atom stereocenters. The van der Waals surface area contributed by atoms with Gasteiger partial charge in [-0.1, -0.05) is 24.3 Å². The molecule has 2 heteroatoms. The second kappa shape index (κ2) is 4.33. The van der Waals surface area contributed by atoms with Gasteiger partial charge in [-0.25, -0.2) is 0 Å². The van der Waals surface area contributed by atoms with Crippen molar-refractivity contribution in [3.05, 3.63) is 35.4 Å². The average Bonchev–Trinajstić information content (AvgIpc) is 2.96. The Morgan fingerprint density at radius 3 is 2.80 bits per heavy atom. The Morgan fingerprint density at radius 2 is 2.20 bits per heavy atom. The van der Waals surface area contributed by atoms with Crippen molar-refractivity contribution in [1.29, 1.82) is 0 Å². The van der Waals surface area contributed by atoms with Crippen molar-refractivity contribution < 1.29 is 0 Å². The van der Waals surface area contributed by atoms with Gasteiger partial charge in [0.2, 0.25) is 0 Å². The molecular weight excluding hydrogens is 184 g/mol. The Bertz CT molecular complexity index is 333. The largest absolute Gasteiger partial charge is 0.330 e. The molecule has 1 saturated carbocycles. The van der Waals surface area contributed by atoms with Crippen LogP contribution in [0.3, 0.4) is 0 Å². The first-order chi connectivity index (χ1) is 7.20. The van der Waals surface area contributed by atoms with Gasteiger partial charge in [0.1, 0.15) is 0 Å². The standard InChI is InChI=1S/C13H20N2/c1-15(2)9-10-4-3-5-11(6-10)13-7-12(13)8-14/h3-6,12-13H,7-9,14H2,1-2H3. The number of hydrogen-bond donors (Lipinski definition) is 1. The topological polar surface area (TPSA) is 29.3 Å². The van der Waals surface area contributed by atoms with Gasteiger partial charge in [0.25, 0.3) is 0 Å². The first-order valence-electron chi connectivity index (χ1n) is 5.64. The van der Waals surface area contributed by atoms with Gasteiger partial charge in [-0.2, -0.15) is 0 Å². The van der Waals surface area contributed by atoms with Crippen molar-refractivity contribution in [2.24, 2.45) is 11.7 Å². The van der Waals surface area contributed by atoms with Crippen molar-refractivity contribution in [2.75, 3.05) is 20.6 Å². The summed E-state index contributed by atoms with van der Waals surface area (Å²) in [5, 5.41) is 0. The van der Waals surface area contributed by atoms with Crippen molar-refractivity contribution in [3.63, 3.8) is 0 Å². The molecule has 1 fully saturated rings. The molecule has 1 aliphatic carbocycles. The van der Waals surface area contributed by atoms with Crippen LogP contribution in [0.25, 0.3) is 0 Å². The fraction of sp³-hybridized carbons (Fsp3) is 0.538. The van der Waals surface area contributed by atoms with E-state index in [0.29, 0.717) is 0 Å². The highest BCUT2D eigenvalue weighted by atomic mass is 15.0. The van der Waals surface area contributed by atoms with Crippen LogP contribution in [0.5, 0.6) is 0 Å². The smallest absolute Gasteiger partial charge is 0.0227 e. The average molecular weight is 204 g/mol. The van der Waals surface area contributed by atoms with E-state index in [1.54, 1.807) is 0 Å². The number of rotatable bonds is 4. The van der Waals surface area contributed by atoms with E-state index >= 15 is 0 Å². The molecule has 2 atom stereocenters. The van der Waals surface area contributed by atoms with Crippen LogP contribution in [0.2, 0.25) is 0 Å². The molecule has 0 heterocycles. The summed E-state index contributed by atoms with van der Waals surface area (Å²) in [5.41, 5.74) is 8.55. The maximum atomic E-state index is 5.67. The van der Waals surface area contributed by atoms with E-state index < -0.39 is 0 Å². The van der Waals surface area contributed by atoms with Crippen molar-refractivity contribution in [1.82, 2.24) is 4.90 Å². The molecule has 0 radical (unpaired) electrons. The summed E-state index contributed by atoms with van der Waals surface area (Å²) in [6.07, 6.45) is 1.28. The molecule has 2 rings (SSSR count). The fourth-order valence-electron chi connectivity index (χ4n) is 2.20. The van der Waals surface area contributed by atoms with Crippen molar-refractivity contribution in [2.45, 2.75) is 18.9 Å². The van der Waals surface area contributed by atoms with E-state index in [-0.39, 0.29) is 0 Å². The molecule has 2 nitrogen and oxygen atoms in total. The summed E-state index contributed by atoms with van der Waals surface area (Å²) >= 11 is 0. The first kappa shape index (κ1) is 10.7. The van der Waals surface area contributed by atoms with E-state index in [0.717, 1.165) is 24.9 Å². The zero-order valence-electron chi connectivity index (χ0n) is 9.61. The van der Waals surface area contributed by atoms with Gasteiger partial charge in [-0.3, -0.25) is 0 Å². The summed E-state index contributed by atoms with van der Waals surface area (Å²) in [7, 11) is 4.21. The number of hydrogen-bond acceptors (Lipinski definition) is 2. The quantitative estimate of drug-likeness (QED) is 0.810. The summed E-state index contributed by atoms with van der Waals surface area (Å²) in [6.45, 7) is 1.86. The van der Waals surface area contributed by atoms with Gasteiger partial charge < -0.3 is 10.6 Å². The summed E-state index contributed by atoms with van der Waals surface area (Å²) in [6, 6.07) is 8.93. The van der Waals surface area contributed by atoms with Crippen LogP contribution in [0.1, 0.15) is 23.5 Å². The monoisotopic (exact) mass is 204 g/mol. The molecular formula is C13H20N2. The second-order valence-electron chi connectivity index (χ2n) is 4.82. The lowest BCUT2D eigenvalue weighted by molar-refractivity contribution is 0.402. The van der Waals surface area contributed by atoms with Crippen LogP contribution in [0.15, 0.2) is 24.3 Å². The third-order valence-electron chi connectivity index (χ3n) is 3.10. The molecule has 2 N–H and O–H groups in total. The Labute approximate surface area is 92.1 Å². The van der Waals surface area contributed by atoms with Crippen LogP contribution in [0, 0.1) is 5.92 Å². The Kier molecular flexibility index (Phi) is 3.08. The lowest BCUT2D eigenvalue weighted by Gasteiger charge is -2.10. The van der Waals surface area contributed by atoms with E-state index in [9.17, 15) is 0 Å². The van der Waals surface area contributed by atoms with Crippen LogP contribution in [-0.2, 0) is 6.54 Å². The minimum atomic E-state index is 0.733. The maximum Gasteiger partial charge on any atom is 0.0227 e. The molecule has 1 aromatic rings. The Balaban J connectivity index is 2.06. The van der Waals surface area contributed by atoms with Gasteiger partial charge in [-0.05, 0) is 50.0 Å². The predicted molar refractivity (Wildman–Crippen MR) is 63.7 cm³/mol. The SMILES string of the molecule is CN(C)Cc1cccc(C2CC2CN)c1. The number of nitrogens with zero attached hydrogens (tertiary/aromatic N) is 1. The number of benzene rings is 1. The van der Waals surface area contributed by atoms with Crippen LogP contribution < -0.4 is 5.73 Å². The number of nitrogens with two attached hydrogens (primary N) is 1. The molecule has 1 aromatic carbocycles. The normalized spacial score (nSPS) is 24.5. The third-order valence-corrected chi connectivity index (χ3v) is 3.10. The molecule has 1 aliphatic rings. The molecule has 0 saturated heterocycles. The van der Waals surface area contributed by atoms with E-state index in [4.69, 9.17) is 5.73 Å². The Morgan fingerprint density at radius 1 is 1.40 bits per heavy atom. The predicted octanol–water partition coefficient (Wildman–Crippen LogP) is 1.81. The summed E-state index contributed by atoms with van der Waals surface area (Å²) < 4.78 is 0. The third kappa shape index (κ3) is 2.58. The van der Waals surface area contributed by atoms with Crippen molar-refractivity contribution in [3.8, 4) is 0 Å². The second-order valence-corrected chi connectivity index (χ2v) is 4.82. The van der Waals surface area contributed by atoms with Gasteiger partial charge in [0.15, 0.2) is 0 Å². The van der Waals surface area contributed by atoms with Gasteiger partial charge in [0.05, 0.1) is 0 Å². The van der Waals surface area contributed by atoms with Gasteiger partial charge >= 0.3 is 0 Å². The minimum Gasteiger partial charge on any atom is -0.330 e. The lowest BCUT2D eigenvalue weighted by atomic mass is 10.1. The first-order valence-corrected chi connectivity index (χ1v) is 5.64. The maximum absolute atomic E-state index is 5.67. The molecule has 0 amide bonds. The zero-order valence-corrected chi connectivity index (χ0v) is 9.61. The molecule has 0 aromatic heterocycles. The van der Waals surface area contributed by atoms with Crippen LogP contribution in [0.4, 0.5) is 0 Å². The van der Waals surface area contributed by atoms with Gasteiger partial charge in [-0.15, -0.1) is 0 Å². The van der Waals surface area contributed by atoms with Crippen LogP contribution in [-0.4, -0.2) is 25.5 Å². The van der Waals surface area contributed by atoms with E-state index in [1.165, 1.54) is 17.5 Å². The highest BCUT2D eigenvalue weighted by Crippen LogP contribution is 2.46. The molecule has 15 heavy (non-hydrogen) atoms. The molecule has 0 spiro atoms. The van der Waals surface area contributed by atoms with Gasteiger partial charge in [0, 0.05) is 6.54 Å². The minimum absolute atomic E-state index is 0.733. The highest BCUT2D eigenvalue weighted by Gasteiger charge is 2.36. The summed E-state index contributed by atoms with van der Waals surface area (Å²) in [5.74, 6) is 1.47. The van der Waals surface area contributed by atoms with E-state index in [2.05, 4.69) is 43.3 Å². The fourth-order valence-corrected chi connectivity index (χ4v) is 2.20. The Hall–Kier alpha value is -0.860. The summed E-state index contributed by atoms with van der Waals surface area (Å²) in [4.78, 5) is 2.20. The van der Waals surface area contributed by atoms with Crippen LogP contribution >= 0.6 is 0 Å². The van der Waals surface area contributed by atoms with E-state index in [1.807, 2.05) is 0 Å². The molecule has 82 valence electrons. The molecule has 0 bridgehead atoms. The lowest BCUT2D eigenvalue weighted by Crippen LogP contribution is -2.10. The van der Waals surface area contributed by atoms with Crippen molar-refractivity contribution >= 4 is 0 Å². The molecule has 0 aliphatic heterocycles. The highest BCUT2D eigenvalue weighted by molar-refractivity contribution is 5.30.